The van der Waals surface area contributed by atoms with Crippen molar-refractivity contribution >= 4 is 16.9 Å². The molecule has 3 aromatic carbocycles. The molecule has 1 heterocycles. The molecule has 0 aliphatic rings. The summed E-state index contributed by atoms with van der Waals surface area (Å²) in [4.78, 5) is 17.2. The van der Waals surface area contributed by atoms with Gasteiger partial charge in [-0.3, -0.25) is 4.79 Å². The number of ether oxygens (including phenoxy) is 2. The predicted molar refractivity (Wildman–Crippen MR) is 148 cm³/mol. The van der Waals surface area contributed by atoms with E-state index in [1.165, 1.54) is 11.1 Å². The number of rotatable bonds is 13. The van der Waals surface area contributed by atoms with Gasteiger partial charge < -0.3 is 19.4 Å². The van der Waals surface area contributed by atoms with Crippen molar-refractivity contribution in [3.05, 3.63) is 89.2 Å². The van der Waals surface area contributed by atoms with Crippen LogP contribution < -0.4 is 14.8 Å². The van der Waals surface area contributed by atoms with E-state index in [2.05, 4.69) is 48.0 Å². The van der Waals surface area contributed by atoms with E-state index in [0.717, 1.165) is 66.1 Å². The zero-order valence-electron chi connectivity index (χ0n) is 22.1. The Balaban J connectivity index is 1.26. The van der Waals surface area contributed by atoms with Crippen LogP contribution in [0.15, 0.2) is 66.7 Å². The van der Waals surface area contributed by atoms with Crippen molar-refractivity contribution in [1.29, 1.82) is 0 Å². The Kier molecular flexibility index (Phi) is 9.19. The minimum absolute atomic E-state index is 0.0301. The highest BCUT2D eigenvalue weighted by molar-refractivity contribution is 5.78. The maximum absolute atomic E-state index is 12.4. The van der Waals surface area contributed by atoms with Crippen molar-refractivity contribution in [3.63, 3.8) is 0 Å². The number of para-hydroxylation sites is 2. The second-order valence-electron chi connectivity index (χ2n) is 9.40. The van der Waals surface area contributed by atoms with Crippen molar-refractivity contribution in [2.24, 2.45) is 0 Å². The average molecular weight is 500 g/mol. The van der Waals surface area contributed by atoms with Crippen LogP contribution in [0.3, 0.4) is 0 Å². The summed E-state index contributed by atoms with van der Waals surface area (Å²) in [5.74, 6) is 2.87. The Morgan fingerprint density at radius 2 is 1.76 bits per heavy atom. The van der Waals surface area contributed by atoms with Crippen LogP contribution in [0.2, 0.25) is 0 Å². The number of hydrogen-bond acceptors (Lipinski definition) is 4. The molecule has 0 aliphatic heterocycles. The second-order valence-corrected chi connectivity index (χ2v) is 9.40. The molecule has 6 nitrogen and oxygen atoms in total. The molecule has 0 saturated heterocycles. The molecule has 194 valence electrons. The molecule has 0 bridgehead atoms. The molecule has 0 aliphatic carbocycles. The lowest BCUT2D eigenvalue weighted by molar-refractivity contribution is -0.120. The number of aryl methyl sites for hydroxylation is 3. The number of aromatic nitrogens is 2. The fourth-order valence-corrected chi connectivity index (χ4v) is 4.47. The summed E-state index contributed by atoms with van der Waals surface area (Å²) >= 11 is 0. The van der Waals surface area contributed by atoms with Crippen molar-refractivity contribution in [3.8, 4) is 11.5 Å². The van der Waals surface area contributed by atoms with Crippen LogP contribution in [0.25, 0.3) is 11.0 Å². The predicted octanol–water partition coefficient (Wildman–Crippen LogP) is 5.81. The summed E-state index contributed by atoms with van der Waals surface area (Å²) in [5, 5.41) is 3.04. The quantitative estimate of drug-likeness (QED) is 0.236. The standard InChI is InChI=1S/C31H37N3O3/c1-23-10-8-13-29(24(23)2)37-21-7-6-20-34-28-12-5-4-11-27(28)33-30(34)14-9-19-32-31(35)22-25-15-17-26(36-3)18-16-25/h4-5,8,10-13,15-18H,6-7,9,14,19-22H2,1-3H3,(H,32,35). The van der Waals surface area contributed by atoms with E-state index in [0.29, 0.717) is 19.6 Å². The topological polar surface area (TPSA) is 65.4 Å². The number of imidazole rings is 1. The summed E-state index contributed by atoms with van der Waals surface area (Å²) < 4.78 is 13.5. The fourth-order valence-electron chi connectivity index (χ4n) is 4.47. The number of nitrogens with zero attached hydrogens (tertiary/aromatic N) is 2. The summed E-state index contributed by atoms with van der Waals surface area (Å²) in [6, 6.07) is 22.1. The smallest absolute Gasteiger partial charge is 0.224 e. The molecule has 0 atom stereocenters. The van der Waals surface area contributed by atoms with Gasteiger partial charge in [-0.2, -0.15) is 0 Å². The minimum Gasteiger partial charge on any atom is -0.497 e. The van der Waals surface area contributed by atoms with E-state index in [9.17, 15) is 4.79 Å². The number of amides is 1. The number of benzene rings is 3. The van der Waals surface area contributed by atoms with E-state index in [4.69, 9.17) is 14.5 Å². The van der Waals surface area contributed by atoms with Gasteiger partial charge in [0.2, 0.25) is 5.91 Å². The van der Waals surface area contributed by atoms with Gasteiger partial charge in [0.05, 0.1) is 31.2 Å². The maximum atomic E-state index is 12.4. The first-order valence-corrected chi connectivity index (χ1v) is 13.1. The molecule has 1 aromatic heterocycles. The van der Waals surface area contributed by atoms with Crippen LogP contribution in [0, 0.1) is 13.8 Å². The molecule has 1 amide bonds. The molecule has 1 N–H and O–H groups in total. The van der Waals surface area contributed by atoms with Crippen LogP contribution in [0.1, 0.15) is 41.8 Å². The molecule has 0 radical (unpaired) electrons. The first-order valence-electron chi connectivity index (χ1n) is 13.1. The van der Waals surface area contributed by atoms with Gasteiger partial charge in [-0.1, -0.05) is 36.4 Å². The van der Waals surface area contributed by atoms with Crippen molar-refractivity contribution in [2.75, 3.05) is 20.3 Å². The van der Waals surface area contributed by atoms with Gasteiger partial charge in [-0.15, -0.1) is 0 Å². The van der Waals surface area contributed by atoms with Gasteiger partial charge in [-0.25, -0.2) is 4.98 Å². The van der Waals surface area contributed by atoms with E-state index in [1.54, 1.807) is 7.11 Å². The number of nitrogens with one attached hydrogen (secondary N) is 1. The normalized spacial score (nSPS) is 11.0. The Bertz CT molecular complexity index is 1310. The van der Waals surface area contributed by atoms with Crippen molar-refractivity contribution < 1.29 is 14.3 Å². The number of carbonyl (C=O) groups excluding carboxylic acids is 1. The van der Waals surface area contributed by atoms with Gasteiger partial charge >= 0.3 is 0 Å². The largest absolute Gasteiger partial charge is 0.497 e. The highest BCUT2D eigenvalue weighted by atomic mass is 16.5. The molecular formula is C31H37N3O3. The molecule has 0 unspecified atom stereocenters. The Hall–Kier alpha value is -3.80. The van der Waals surface area contributed by atoms with E-state index in [-0.39, 0.29) is 5.91 Å². The third-order valence-electron chi connectivity index (χ3n) is 6.75. The number of fused-ring (bicyclic) bond motifs is 1. The van der Waals surface area contributed by atoms with Gasteiger partial charge in [0, 0.05) is 19.5 Å². The SMILES string of the molecule is COc1ccc(CC(=O)NCCCc2nc3ccccc3n2CCCCOc2cccc(C)c2C)cc1. The fraction of sp³-hybridized carbons (Fsp3) is 0.355. The van der Waals surface area contributed by atoms with Crippen LogP contribution in [-0.2, 0) is 24.2 Å². The van der Waals surface area contributed by atoms with Gasteiger partial charge in [0.25, 0.3) is 0 Å². The third-order valence-corrected chi connectivity index (χ3v) is 6.75. The van der Waals surface area contributed by atoms with Crippen molar-refractivity contribution in [1.82, 2.24) is 14.9 Å². The summed E-state index contributed by atoms with van der Waals surface area (Å²) in [6.45, 7) is 6.44. The zero-order chi connectivity index (χ0) is 26.0. The molecule has 4 rings (SSSR count). The highest BCUT2D eigenvalue weighted by Crippen LogP contribution is 2.21. The van der Waals surface area contributed by atoms with E-state index < -0.39 is 0 Å². The molecule has 0 saturated carbocycles. The Morgan fingerprint density at radius 3 is 2.57 bits per heavy atom. The van der Waals surface area contributed by atoms with Crippen molar-refractivity contribution in [2.45, 2.75) is 52.5 Å². The molecule has 0 spiro atoms. The summed E-state index contributed by atoms with van der Waals surface area (Å²) in [5.41, 5.74) is 5.62. The monoisotopic (exact) mass is 499 g/mol. The van der Waals surface area contributed by atoms with E-state index in [1.807, 2.05) is 42.5 Å². The number of methoxy groups -OCH3 is 1. The van der Waals surface area contributed by atoms with Gasteiger partial charge in [0.1, 0.15) is 17.3 Å². The zero-order valence-corrected chi connectivity index (χ0v) is 22.1. The van der Waals surface area contributed by atoms with E-state index >= 15 is 0 Å². The molecule has 6 heteroatoms. The number of carbonyl (C=O) groups is 1. The van der Waals surface area contributed by atoms with Gasteiger partial charge in [-0.05, 0) is 80.1 Å². The van der Waals surface area contributed by atoms with Crippen LogP contribution >= 0.6 is 0 Å². The number of hydrogen-bond donors (Lipinski definition) is 1. The molecule has 0 fully saturated rings. The lowest BCUT2D eigenvalue weighted by Gasteiger charge is -2.12. The maximum Gasteiger partial charge on any atom is 0.224 e. The second kappa shape index (κ2) is 12.9. The summed E-state index contributed by atoms with van der Waals surface area (Å²) in [6.07, 6.45) is 4.01. The average Bonchev–Trinajstić information content (AvgIpc) is 3.26. The Labute approximate surface area is 219 Å². The first-order chi connectivity index (χ1) is 18.0. The van der Waals surface area contributed by atoms with Gasteiger partial charge in [0.15, 0.2) is 0 Å². The first kappa shape index (κ1) is 26.3. The Morgan fingerprint density at radius 1 is 0.946 bits per heavy atom. The minimum atomic E-state index is 0.0301. The highest BCUT2D eigenvalue weighted by Gasteiger charge is 2.11. The van der Waals surface area contributed by atoms with Crippen LogP contribution in [0.5, 0.6) is 11.5 Å². The molecule has 4 aromatic rings. The molecular weight excluding hydrogens is 462 g/mol. The number of unbranched alkanes of at least 4 members (excludes halogenated alkanes) is 1. The summed E-state index contributed by atoms with van der Waals surface area (Å²) in [7, 11) is 1.64. The third kappa shape index (κ3) is 7.13. The molecule has 37 heavy (non-hydrogen) atoms. The van der Waals surface area contributed by atoms with Crippen LogP contribution in [-0.4, -0.2) is 35.7 Å². The lowest BCUT2D eigenvalue weighted by Crippen LogP contribution is -2.26. The van der Waals surface area contributed by atoms with Crippen LogP contribution in [0.4, 0.5) is 0 Å². The lowest BCUT2D eigenvalue weighted by atomic mass is 10.1.